The number of carbonyl (C=O) groups is 1. The summed E-state index contributed by atoms with van der Waals surface area (Å²) < 4.78 is 0. The highest BCUT2D eigenvalue weighted by molar-refractivity contribution is 5.81. The van der Waals surface area contributed by atoms with Gasteiger partial charge in [-0.25, -0.2) is 0 Å². The van der Waals surface area contributed by atoms with E-state index in [2.05, 4.69) is 11.0 Å². The predicted molar refractivity (Wildman–Crippen MR) is 80.1 cm³/mol. The summed E-state index contributed by atoms with van der Waals surface area (Å²) in [5.41, 5.74) is 1.02. The van der Waals surface area contributed by atoms with Gasteiger partial charge in [0.05, 0.1) is 6.07 Å². The minimum absolute atomic E-state index is 0.0879. The Morgan fingerprint density at radius 3 is 2.40 bits per heavy atom. The van der Waals surface area contributed by atoms with Crippen LogP contribution in [0, 0.1) is 17.2 Å². The highest BCUT2D eigenvalue weighted by atomic mass is 16.2. The Kier molecular flexibility index (Phi) is 6.75. The van der Waals surface area contributed by atoms with Gasteiger partial charge in [-0.3, -0.25) is 4.79 Å². The van der Waals surface area contributed by atoms with Gasteiger partial charge in [0.25, 0.3) is 0 Å². The maximum atomic E-state index is 12.2. The molecular weight excluding hydrogens is 250 g/mol. The van der Waals surface area contributed by atoms with Crippen LogP contribution in [0.15, 0.2) is 30.3 Å². The van der Waals surface area contributed by atoms with Crippen molar-refractivity contribution in [3.63, 3.8) is 0 Å². The molecule has 0 bridgehead atoms. The Hall–Kier alpha value is -1.86. The smallest absolute Gasteiger partial charge is 0.240 e. The molecule has 4 heteroatoms. The fourth-order valence-electron chi connectivity index (χ4n) is 2.04. The average Bonchev–Trinajstić information content (AvgIpc) is 2.44. The third-order valence-corrected chi connectivity index (χ3v) is 3.21. The van der Waals surface area contributed by atoms with Crippen molar-refractivity contribution in [3.05, 3.63) is 35.9 Å². The van der Waals surface area contributed by atoms with Crippen molar-refractivity contribution in [3.8, 4) is 6.07 Å². The number of carbonyl (C=O) groups excluding carboxylic acids is 1. The summed E-state index contributed by atoms with van der Waals surface area (Å²) in [7, 11) is 5.79. The Balaban J connectivity index is 2.52. The monoisotopic (exact) mass is 273 g/mol. The number of amides is 1. The Labute approximate surface area is 121 Å². The van der Waals surface area contributed by atoms with E-state index in [1.165, 1.54) is 0 Å². The van der Waals surface area contributed by atoms with Crippen LogP contribution in [0.25, 0.3) is 0 Å². The van der Waals surface area contributed by atoms with Crippen LogP contribution in [0.4, 0.5) is 0 Å². The van der Waals surface area contributed by atoms with E-state index in [0.29, 0.717) is 13.0 Å². The van der Waals surface area contributed by atoms with Gasteiger partial charge in [0.15, 0.2) is 0 Å². The lowest BCUT2D eigenvalue weighted by Gasteiger charge is -2.21. The summed E-state index contributed by atoms with van der Waals surface area (Å²) in [5.74, 6) is -0.683. The number of hydrogen-bond donors (Lipinski definition) is 0. The van der Waals surface area contributed by atoms with Crippen LogP contribution in [-0.2, 0) is 11.2 Å². The minimum Gasteiger partial charge on any atom is -0.345 e. The first-order chi connectivity index (χ1) is 9.54. The maximum absolute atomic E-state index is 12.2. The van der Waals surface area contributed by atoms with E-state index in [1.54, 1.807) is 11.9 Å². The molecule has 0 aliphatic rings. The lowest BCUT2D eigenvalue weighted by atomic mass is 9.99. The fraction of sp³-hybridized carbons (Fsp3) is 0.500. The standard InChI is InChI=1S/C16H23N3O/c1-18(2)10-7-11-19(3)16(20)15(13-17)12-14-8-5-4-6-9-14/h4-6,8-9,15H,7,10-12H2,1-3H3. The van der Waals surface area contributed by atoms with Gasteiger partial charge in [0.2, 0.25) is 5.91 Å². The summed E-state index contributed by atoms with van der Waals surface area (Å²) in [6.07, 6.45) is 1.40. The van der Waals surface area contributed by atoms with Gasteiger partial charge in [0, 0.05) is 13.6 Å². The van der Waals surface area contributed by atoms with Crippen LogP contribution in [0.5, 0.6) is 0 Å². The van der Waals surface area contributed by atoms with Crippen molar-refractivity contribution < 1.29 is 4.79 Å². The van der Waals surface area contributed by atoms with Crippen molar-refractivity contribution >= 4 is 5.91 Å². The second-order valence-electron chi connectivity index (χ2n) is 5.29. The van der Waals surface area contributed by atoms with Gasteiger partial charge in [-0.05, 0) is 39.0 Å². The second kappa shape index (κ2) is 8.34. The molecule has 1 atom stereocenters. The first kappa shape index (κ1) is 16.2. The first-order valence-electron chi connectivity index (χ1n) is 6.88. The molecular formula is C16H23N3O. The topological polar surface area (TPSA) is 47.3 Å². The summed E-state index contributed by atoms with van der Waals surface area (Å²) in [6.45, 7) is 1.62. The van der Waals surface area contributed by atoms with Crippen LogP contribution >= 0.6 is 0 Å². The molecule has 4 nitrogen and oxygen atoms in total. The highest BCUT2D eigenvalue weighted by Crippen LogP contribution is 2.11. The van der Waals surface area contributed by atoms with Crippen molar-refractivity contribution in [2.75, 3.05) is 34.2 Å². The van der Waals surface area contributed by atoms with Crippen molar-refractivity contribution in [2.24, 2.45) is 5.92 Å². The zero-order valence-corrected chi connectivity index (χ0v) is 12.5. The maximum Gasteiger partial charge on any atom is 0.240 e. The number of nitrogens with zero attached hydrogens (tertiary/aromatic N) is 3. The first-order valence-corrected chi connectivity index (χ1v) is 6.88. The normalized spacial score (nSPS) is 11.9. The molecule has 20 heavy (non-hydrogen) atoms. The van der Waals surface area contributed by atoms with Crippen molar-refractivity contribution in [1.82, 2.24) is 9.80 Å². The van der Waals surface area contributed by atoms with E-state index in [9.17, 15) is 10.1 Å². The SMILES string of the molecule is CN(C)CCCN(C)C(=O)C(C#N)Cc1ccccc1. The third kappa shape index (κ3) is 5.41. The zero-order chi connectivity index (χ0) is 15.0. The Morgan fingerprint density at radius 1 is 1.20 bits per heavy atom. The van der Waals surface area contributed by atoms with E-state index in [1.807, 2.05) is 44.4 Å². The summed E-state index contributed by atoms with van der Waals surface area (Å²) >= 11 is 0. The summed E-state index contributed by atoms with van der Waals surface area (Å²) in [6, 6.07) is 11.8. The van der Waals surface area contributed by atoms with E-state index in [-0.39, 0.29) is 5.91 Å². The second-order valence-corrected chi connectivity index (χ2v) is 5.29. The third-order valence-electron chi connectivity index (χ3n) is 3.21. The predicted octanol–water partition coefficient (Wildman–Crippen LogP) is 1.78. The van der Waals surface area contributed by atoms with Crippen molar-refractivity contribution in [1.29, 1.82) is 5.26 Å². The molecule has 0 radical (unpaired) electrons. The number of nitriles is 1. The fourth-order valence-corrected chi connectivity index (χ4v) is 2.04. The molecule has 1 aromatic rings. The summed E-state index contributed by atoms with van der Waals surface area (Å²) in [5, 5.41) is 9.21. The lowest BCUT2D eigenvalue weighted by molar-refractivity contribution is -0.132. The molecule has 1 aromatic carbocycles. The molecule has 0 aliphatic carbocycles. The molecule has 0 saturated carbocycles. The van der Waals surface area contributed by atoms with Gasteiger partial charge in [-0.15, -0.1) is 0 Å². The van der Waals surface area contributed by atoms with E-state index < -0.39 is 5.92 Å². The summed E-state index contributed by atoms with van der Waals surface area (Å²) in [4.78, 5) is 16.0. The molecule has 0 heterocycles. The minimum atomic E-state index is -0.596. The molecule has 0 aromatic heterocycles. The molecule has 0 fully saturated rings. The molecule has 0 N–H and O–H groups in total. The largest absolute Gasteiger partial charge is 0.345 e. The van der Waals surface area contributed by atoms with Crippen LogP contribution < -0.4 is 0 Å². The Morgan fingerprint density at radius 2 is 1.85 bits per heavy atom. The molecule has 1 unspecified atom stereocenters. The molecule has 0 saturated heterocycles. The molecule has 1 rings (SSSR count). The van der Waals surface area contributed by atoms with E-state index in [4.69, 9.17) is 0 Å². The van der Waals surface area contributed by atoms with Crippen LogP contribution in [0.1, 0.15) is 12.0 Å². The van der Waals surface area contributed by atoms with Crippen molar-refractivity contribution in [2.45, 2.75) is 12.8 Å². The highest BCUT2D eigenvalue weighted by Gasteiger charge is 2.21. The number of benzene rings is 1. The Bertz CT molecular complexity index is 451. The van der Waals surface area contributed by atoms with E-state index in [0.717, 1.165) is 18.5 Å². The van der Waals surface area contributed by atoms with Crippen LogP contribution in [0.2, 0.25) is 0 Å². The number of hydrogen-bond acceptors (Lipinski definition) is 3. The van der Waals surface area contributed by atoms with Gasteiger partial charge >= 0.3 is 0 Å². The van der Waals surface area contributed by atoms with Gasteiger partial charge in [-0.2, -0.15) is 5.26 Å². The van der Waals surface area contributed by atoms with Gasteiger partial charge in [-0.1, -0.05) is 30.3 Å². The quantitative estimate of drug-likeness (QED) is 0.761. The van der Waals surface area contributed by atoms with Gasteiger partial charge < -0.3 is 9.80 Å². The molecule has 1 amide bonds. The molecule has 108 valence electrons. The van der Waals surface area contributed by atoms with Gasteiger partial charge in [0.1, 0.15) is 5.92 Å². The zero-order valence-electron chi connectivity index (χ0n) is 12.5. The number of rotatable bonds is 7. The van der Waals surface area contributed by atoms with Crippen LogP contribution in [-0.4, -0.2) is 49.9 Å². The van der Waals surface area contributed by atoms with E-state index >= 15 is 0 Å². The molecule has 0 spiro atoms. The lowest BCUT2D eigenvalue weighted by Crippen LogP contribution is -2.35. The van der Waals surface area contributed by atoms with Crippen LogP contribution in [0.3, 0.4) is 0 Å². The average molecular weight is 273 g/mol. The molecule has 0 aliphatic heterocycles.